The molecule has 0 radical (unpaired) electrons. The van der Waals surface area contributed by atoms with Crippen molar-refractivity contribution in [2.24, 2.45) is 0 Å². The molecule has 0 amide bonds. The molecule has 3 nitrogen and oxygen atoms in total. The summed E-state index contributed by atoms with van der Waals surface area (Å²) in [6.45, 7) is 3.09. The Kier molecular flexibility index (Phi) is 15.5. The third kappa shape index (κ3) is 14.9. The molecule has 1 aromatic heterocycles. The molecule has 25 heavy (non-hydrogen) atoms. The molecule has 1 heterocycles. The van der Waals surface area contributed by atoms with E-state index in [2.05, 4.69) is 11.9 Å². The van der Waals surface area contributed by atoms with Crippen LogP contribution in [0.15, 0.2) is 24.8 Å². The van der Waals surface area contributed by atoms with E-state index in [1.807, 2.05) is 12.4 Å². The van der Waals surface area contributed by atoms with Crippen LogP contribution < -0.4 is 9.57 Å². The van der Waals surface area contributed by atoms with Gasteiger partial charge in [0.2, 0.25) is 12.4 Å². The fourth-order valence-electron chi connectivity index (χ4n) is 3.21. The molecule has 0 saturated heterocycles. The zero-order valence-corrected chi connectivity index (χ0v) is 16.6. The van der Waals surface area contributed by atoms with Gasteiger partial charge in [0.25, 0.3) is 0 Å². The Bertz CT molecular complexity index is 370. The van der Waals surface area contributed by atoms with Crippen LogP contribution in [0.1, 0.15) is 110 Å². The Morgan fingerprint density at radius 2 is 1.00 bits per heavy atom. The minimum Gasteiger partial charge on any atom is -0.271 e. The molecule has 0 aliphatic carbocycles. The summed E-state index contributed by atoms with van der Waals surface area (Å²) >= 11 is 0. The highest BCUT2D eigenvalue weighted by atomic mass is 16.7. The fraction of sp³-hybridized carbons (Fsp3) is 0.818. The van der Waals surface area contributed by atoms with Crippen molar-refractivity contribution in [3.8, 4) is 0 Å². The van der Waals surface area contributed by atoms with Gasteiger partial charge in [-0.1, -0.05) is 96.8 Å². The zero-order valence-electron chi connectivity index (χ0n) is 16.6. The van der Waals surface area contributed by atoms with Gasteiger partial charge in [0, 0.05) is 4.73 Å². The van der Waals surface area contributed by atoms with Gasteiger partial charge in [-0.2, -0.15) is 0 Å². The Hall–Kier alpha value is -1.12. The molecular weight excluding hydrogens is 308 g/mol. The molecular formula is C22H41N2O+. The van der Waals surface area contributed by atoms with Gasteiger partial charge in [-0.05, 0) is 12.8 Å². The second kappa shape index (κ2) is 17.7. The number of aromatic nitrogens is 2. The van der Waals surface area contributed by atoms with E-state index in [9.17, 15) is 0 Å². The maximum Gasteiger partial charge on any atom is 0.240 e. The van der Waals surface area contributed by atoms with Gasteiger partial charge in [-0.25, -0.2) is 0 Å². The van der Waals surface area contributed by atoms with Crippen molar-refractivity contribution in [3.05, 3.63) is 24.8 Å². The van der Waals surface area contributed by atoms with Crippen LogP contribution in [0.25, 0.3) is 0 Å². The van der Waals surface area contributed by atoms with E-state index in [0.717, 1.165) is 13.0 Å². The van der Waals surface area contributed by atoms with Crippen LogP contribution in [0.2, 0.25) is 0 Å². The van der Waals surface area contributed by atoms with Crippen molar-refractivity contribution in [2.75, 3.05) is 6.61 Å². The van der Waals surface area contributed by atoms with Crippen molar-refractivity contribution < 1.29 is 9.57 Å². The molecule has 0 N–H and O–H groups in total. The van der Waals surface area contributed by atoms with E-state index in [4.69, 9.17) is 4.84 Å². The van der Waals surface area contributed by atoms with Crippen LogP contribution in [0, 0.1) is 0 Å². The molecule has 0 aliphatic rings. The molecule has 1 aromatic rings. The van der Waals surface area contributed by atoms with E-state index in [0.29, 0.717) is 0 Å². The predicted octanol–water partition coefficient (Wildman–Crippen LogP) is 6.06. The lowest BCUT2D eigenvalue weighted by atomic mass is 10.0. The number of rotatable bonds is 18. The van der Waals surface area contributed by atoms with Crippen molar-refractivity contribution in [3.63, 3.8) is 0 Å². The van der Waals surface area contributed by atoms with E-state index in [1.165, 1.54) is 96.3 Å². The van der Waals surface area contributed by atoms with Gasteiger partial charge < -0.3 is 0 Å². The van der Waals surface area contributed by atoms with Crippen LogP contribution in [-0.4, -0.2) is 11.6 Å². The van der Waals surface area contributed by atoms with Gasteiger partial charge >= 0.3 is 0 Å². The van der Waals surface area contributed by atoms with E-state index >= 15 is 0 Å². The summed E-state index contributed by atoms with van der Waals surface area (Å²) in [6.07, 6.45) is 29.6. The molecule has 0 atom stereocenters. The highest BCUT2D eigenvalue weighted by Crippen LogP contribution is 2.13. The van der Waals surface area contributed by atoms with Crippen LogP contribution >= 0.6 is 0 Å². The van der Waals surface area contributed by atoms with Crippen molar-refractivity contribution in [2.45, 2.75) is 110 Å². The summed E-state index contributed by atoms with van der Waals surface area (Å²) in [5, 5.41) is 0. The maximum atomic E-state index is 5.60. The molecule has 0 unspecified atom stereocenters. The maximum absolute atomic E-state index is 5.60. The standard InChI is InChI=1S/C22H41N2O/c1-2-3-4-5-6-7-8-9-10-11-12-13-14-15-16-17-22-25-24-20-18-23-19-21-24/h18-21H,2-17,22H2,1H3/q+1. The lowest BCUT2D eigenvalue weighted by Gasteiger charge is -2.03. The van der Waals surface area contributed by atoms with Crippen LogP contribution in [0.4, 0.5) is 0 Å². The Labute approximate surface area is 156 Å². The molecule has 1 rings (SSSR count). The average Bonchev–Trinajstić information content (AvgIpc) is 2.65. The third-order valence-electron chi connectivity index (χ3n) is 4.84. The molecule has 0 saturated carbocycles. The Morgan fingerprint density at radius 3 is 1.44 bits per heavy atom. The van der Waals surface area contributed by atoms with Crippen molar-refractivity contribution in [1.29, 1.82) is 0 Å². The molecule has 0 aromatic carbocycles. The normalized spacial score (nSPS) is 10.9. The molecule has 0 fully saturated rings. The Morgan fingerprint density at radius 1 is 0.600 bits per heavy atom. The van der Waals surface area contributed by atoms with Gasteiger partial charge in [-0.3, -0.25) is 9.82 Å². The smallest absolute Gasteiger partial charge is 0.240 e. The summed E-state index contributed by atoms with van der Waals surface area (Å²) in [4.78, 5) is 9.57. The number of hydrogen-bond acceptors (Lipinski definition) is 2. The van der Waals surface area contributed by atoms with Gasteiger partial charge in [0.1, 0.15) is 0 Å². The summed E-state index contributed by atoms with van der Waals surface area (Å²) in [6, 6.07) is 0. The Balaban J connectivity index is 1.69. The van der Waals surface area contributed by atoms with E-state index < -0.39 is 0 Å². The van der Waals surface area contributed by atoms with Gasteiger partial charge in [0.15, 0.2) is 6.61 Å². The molecule has 0 spiro atoms. The van der Waals surface area contributed by atoms with Crippen LogP contribution in [-0.2, 0) is 0 Å². The lowest BCUT2D eigenvalue weighted by molar-refractivity contribution is -0.891. The largest absolute Gasteiger partial charge is 0.271 e. The van der Waals surface area contributed by atoms with Crippen molar-refractivity contribution >= 4 is 0 Å². The first-order valence-corrected chi connectivity index (χ1v) is 10.9. The topological polar surface area (TPSA) is 26.0 Å². The lowest BCUT2D eigenvalue weighted by Crippen LogP contribution is -2.42. The minimum absolute atomic E-state index is 0.799. The number of nitrogens with zero attached hydrogens (tertiary/aromatic N) is 2. The first-order valence-electron chi connectivity index (χ1n) is 10.9. The molecule has 0 bridgehead atoms. The highest BCUT2D eigenvalue weighted by Gasteiger charge is 1.99. The van der Waals surface area contributed by atoms with Crippen LogP contribution in [0.5, 0.6) is 0 Å². The molecule has 144 valence electrons. The highest BCUT2D eigenvalue weighted by molar-refractivity contribution is 4.61. The minimum atomic E-state index is 0.799. The second-order valence-corrected chi connectivity index (χ2v) is 7.24. The summed E-state index contributed by atoms with van der Waals surface area (Å²) in [5.74, 6) is 0. The number of hydrogen-bond donors (Lipinski definition) is 0. The quantitative estimate of drug-likeness (QED) is 0.238. The second-order valence-electron chi connectivity index (χ2n) is 7.24. The summed E-state index contributed by atoms with van der Waals surface area (Å²) in [7, 11) is 0. The predicted molar refractivity (Wildman–Crippen MR) is 105 cm³/mol. The molecule has 0 aliphatic heterocycles. The van der Waals surface area contributed by atoms with Gasteiger partial charge in [0.05, 0.1) is 12.4 Å². The summed E-state index contributed by atoms with van der Waals surface area (Å²) < 4.78 is 1.73. The fourth-order valence-corrected chi connectivity index (χ4v) is 3.21. The van der Waals surface area contributed by atoms with Crippen LogP contribution in [0.3, 0.4) is 0 Å². The van der Waals surface area contributed by atoms with E-state index in [1.54, 1.807) is 17.1 Å². The first kappa shape index (κ1) is 21.9. The van der Waals surface area contributed by atoms with Crippen molar-refractivity contribution in [1.82, 2.24) is 4.98 Å². The first-order chi connectivity index (χ1) is 12.4. The SMILES string of the molecule is CCCCCCCCCCCCCCCCCCO[n+]1ccncc1. The third-order valence-corrected chi connectivity index (χ3v) is 4.84. The molecule has 3 heteroatoms. The number of unbranched alkanes of at least 4 members (excludes halogenated alkanes) is 15. The monoisotopic (exact) mass is 349 g/mol. The summed E-state index contributed by atoms with van der Waals surface area (Å²) in [5.41, 5.74) is 0. The van der Waals surface area contributed by atoms with E-state index in [-0.39, 0.29) is 0 Å². The average molecular weight is 350 g/mol. The van der Waals surface area contributed by atoms with Gasteiger partial charge in [-0.15, -0.1) is 0 Å². The zero-order chi connectivity index (χ0) is 17.8.